The third kappa shape index (κ3) is 4.57. The molecule has 0 aromatic carbocycles. The van der Waals surface area contributed by atoms with Gasteiger partial charge >= 0.3 is 0 Å². The molecule has 3 rings (SSSR count). The summed E-state index contributed by atoms with van der Waals surface area (Å²) in [5, 5.41) is 3.43. The average molecular weight is 411 g/mol. The van der Waals surface area contributed by atoms with Crippen LogP contribution < -0.4 is 0 Å². The summed E-state index contributed by atoms with van der Waals surface area (Å²) in [5.41, 5.74) is 1.39. The third-order valence-corrected chi connectivity index (χ3v) is 8.06. The van der Waals surface area contributed by atoms with E-state index >= 15 is 0 Å². The number of nitrogens with zero attached hydrogens (tertiary/aromatic N) is 2. The molecule has 1 aliphatic rings. The van der Waals surface area contributed by atoms with Crippen molar-refractivity contribution in [1.29, 1.82) is 0 Å². The average Bonchev–Trinajstić information content (AvgIpc) is 2.97. The lowest BCUT2D eigenvalue weighted by Crippen LogP contribution is -2.33. The second kappa shape index (κ2) is 8.80. The topological polar surface area (TPSA) is 35.0 Å². The predicted molar refractivity (Wildman–Crippen MR) is 116 cm³/mol. The van der Waals surface area contributed by atoms with E-state index in [1.807, 2.05) is 23.1 Å². The number of ether oxygens (including phenoxy) is 1. The van der Waals surface area contributed by atoms with Crippen molar-refractivity contribution in [2.45, 2.75) is 82.7 Å². The van der Waals surface area contributed by atoms with E-state index in [0.717, 1.165) is 46.7 Å². The van der Waals surface area contributed by atoms with Crippen molar-refractivity contribution >= 4 is 45.1 Å². The van der Waals surface area contributed by atoms with E-state index < -0.39 is 0 Å². The number of fused-ring (bicyclic) bond motifs is 3. The van der Waals surface area contributed by atoms with Crippen LogP contribution in [-0.2, 0) is 17.8 Å². The van der Waals surface area contributed by atoms with Gasteiger partial charge in [0.05, 0.1) is 12.2 Å². The first-order valence-corrected chi connectivity index (χ1v) is 12.5. The summed E-state index contributed by atoms with van der Waals surface area (Å²) in [6.45, 7) is 11.9. The highest BCUT2D eigenvalue weighted by molar-refractivity contribution is 8.00. The van der Waals surface area contributed by atoms with Gasteiger partial charge in [0, 0.05) is 22.4 Å². The molecule has 1 atom stereocenters. The van der Waals surface area contributed by atoms with Crippen molar-refractivity contribution in [3.63, 3.8) is 0 Å². The van der Waals surface area contributed by atoms with Gasteiger partial charge in [0.2, 0.25) is 0 Å². The van der Waals surface area contributed by atoms with Gasteiger partial charge in [0.25, 0.3) is 0 Å². The van der Waals surface area contributed by atoms with E-state index in [1.165, 1.54) is 27.3 Å². The van der Waals surface area contributed by atoms with Gasteiger partial charge in [-0.3, -0.25) is 0 Å². The fourth-order valence-corrected chi connectivity index (χ4v) is 6.28. The van der Waals surface area contributed by atoms with Gasteiger partial charge in [0.15, 0.2) is 5.16 Å². The van der Waals surface area contributed by atoms with Gasteiger partial charge in [-0.15, -0.1) is 23.1 Å². The van der Waals surface area contributed by atoms with E-state index in [9.17, 15) is 0 Å². The van der Waals surface area contributed by atoms with Crippen LogP contribution in [0.25, 0.3) is 10.2 Å². The molecule has 0 amide bonds. The Hall–Kier alpha value is -0.300. The molecule has 0 N–H and O–H groups in total. The number of thiophene rings is 1. The molecule has 1 aliphatic heterocycles. The molecule has 0 aliphatic carbocycles. The monoisotopic (exact) mass is 410 g/mol. The maximum atomic E-state index is 6.17. The molecule has 0 fully saturated rings. The van der Waals surface area contributed by atoms with Crippen molar-refractivity contribution in [3.05, 3.63) is 10.4 Å². The molecule has 0 bridgehead atoms. The SMILES string of the molecule is CCCSc1nc(SCCC(C)C)c2c3c(sc2n1)COC(C)(CC)C3. The highest BCUT2D eigenvalue weighted by Gasteiger charge is 2.33. The molecule has 0 saturated carbocycles. The molecule has 1 unspecified atom stereocenters. The normalized spacial score (nSPS) is 20.1. The van der Waals surface area contributed by atoms with Gasteiger partial charge in [-0.2, -0.15) is 0 Å². The minimum atomic E-state index is -0.0590. The van der Waals surface area contributed by atoms with Crippen molar-refractivity contribution in [2.75, 3.05) is 11.5 Å². The summed E-state index contributed by atoms with van der Waals surface area (Å²) in [4.78, 5) is 12.4. The Morgan fingerprint density at radius 3 is 2.69 bits per heavy atom. The maximum absolute atomic E-state index is 6.17. The van der Waals surface area contributed by atoms with Gasteiger partial charge in [0.1, 0.15) is 9.86 Å². The van der Waals surface area contributed by atoms with Crippen molar-refractivity contribution < 1.29 is 4.74 Å². The number of hydrogen-bond donors (Lipinski definition) is 0. The van der Waals surface area contributed by atoms with Crippen LogP contribution in [-0.4, -0.2) is 27.1 Å². The molecule has 0 saturated heterocycles. The zero-order valence-electron chi connectivity index (χ0n) is 16.6. The van der Waals surface area contributed by atoms with E-state index in [1.54, 1.807) is 11.8 Å². The van der Waals surface area contributed by atoms with Crippen LogP contribution in [0.15, 0.2) is 10.2 Å². The van der Waals surface area contributed by atoms with Crippen LogP contribution >= 0.6 is 34.9 Å². The van der Waals surface area contributed by atoms with Crippen molar-refractivity contribution in [3.8, 4) is 0 Å². The Bertz CT molecular complexity index is 759. The van der Waals surface area contributed by atoms with Crippen LogP contribution in [0.5, 0.6) is 0 Å². The molecule has 6 heteroatoms. The summed E-state index contributed by atoms with van der Waals surface area (Å²) in [7, 11) is 0. The minimum absolute atomic E-state index is 0.0590. The van der Waals surface area contributed by atoms with Gasteiger partial charge in [-0.25, -0.2) is 9.97 Å². The van der Waals surface area contributed by atoms with Gasteiger partial charge in [-0.1, -0.05) is 39.5 Å². The van der Waals surface area contributed by atoms with E-state index in [4.69, 9.17) is 14.7 Å². The van der Waals surface area contributed by atoms with Gasteiger partial charge in [-0.05, 0) is 43.4 Å². The van der Waals surface area contributed by atoms with E-state index in [-0.39, 0.29) is 5.60 Å². The number of thioether (sulfide) groups is 2. The Balaban J connectivity index is 2.00. The Kier molecular flexibility index (Phi) is 6.92. The smallest absolute Gasteiger partial charge is 0.190 e. The number of hydrogen-bond acceptors (Lipinski definition) is 6. The molecule has 3 heterocycles. The zero-order valence-corrected chi connectivity index (χ0v) is 19.0. The highest BCUT2D eigenvalue weighted by atomic mass is 32.2. The van der Waals surface area contributed by atoms with E-state index in [2.05, 4.69) is 34.6 Å². The third-order valence-electron chi connectivity index (χ3n) is 4.90. The lowest BCUT2D eigenvalue weighted by molar-refractivity contribution is -0.0543. The fourth-order valence-electron chi connectivity index (χ4n) is 3.00. The highest BCUT2D eigenvalue weighted by Crippen LogP contribution is 2.43. The number of rotatable bonds is 8. The summed E-state index contributed by atoms with van der Waals surface area (Å²) in [5.74, 6) is 2.92. The summed E-state index contributed by atoms with van der Waals surface area (Å²) in [6, 6.07) is 0. The molecule has 2 aromatic rings. The lowest BCUT2D eigenvalue weighted by Gasteiger charge is -2.33. The second-order valence-corrected chi connectivity index (χ2v) is 10.9. The molecule has 2 aromatic heterocycles. The predicted octanol–water partition coefficient (Wildman–Crippen LogP) is 6.57. The Morgan fingerprint density at radius 2 is 2.00 bits per heavy atom. The van der Waals surface area contributed by atoms with E-state index in [0.29, 0.717) is 6.61 Å². The van der Waals surface area contributed by atoms with Crippen LogP contribution in [0.2, 0.25) is 0 Å². The molecule has 26 heavy (non-hydrogen) atoms. The van der Waals surface area contributed by atoms with Crippen molar-refractivity contribution in [1.82, 2.24) is 9.97 Å². The quantitative estimate of drug-likeness (QED) is 0.279. The molecule has 3 nitrogen and oxygen atoms in total. The van der Waals surface area contributed by atoms with Crippen molar-refractivity contribution in [2.24, 2.45) is 5.92 Å². The van der Waals surface area contributed by atoms with Crippen LogP contribution in [0, 0.1) is 5.92 Å². The standard InChI is InChI=1S/C20H30N2OS3/c1-6-9-25-19-21-17(24-10-8-13(3)4)16-14-11-20(5,7-2)23-12-15(14)26-18(16)22-19/h13H,6-12H2,1-5H3. The molecule has 144 valence electrons. The molecular formula is C20H30N2OS3. The van der Waals surface area contributed by atoms with Crippen LogP contribution in [0.3, 0.4) is 0 Å². The number of aromatic nitrogens is 2. The summed E-state index contributed by atoms with van der Waals surface area (Å²) < 4.78 is 6.17. The summed E-state index contributed by atoms with van der Waals surface area (Å²) in [6.07, 6.45) is 4.37. The second-order valence-electron chi connectivity index (χ2n) is 7.64. The lowest BCUT2D eigenvalue weighted by atomic mass is 9.90. The first kappa shape index (κ1) is 20.4. The maximum Gasteiger partial charge on any atom is 0.190 e. The molecule has 0 spiro atoms. The fraction of sp³-hybridized carbons (Fsp3) is 0.700. The minimum Gasteiger partial charge on any atom is -0.369 e. The molecule has 0 radical (unpaired) electrons. The Morgan fingerprint density at radius 1 is 1.19 bits per heavy atom. The first-order valence-electron chi connectivity index (χ1n) is 9.67. The van der Waals surface area contributed by atoms with Gasteiger partial charge < -0.3 is 4.74 Å². The Labute approximate surface area is 170 Å². The van der Waals surface area contributed by atoms with Crippen LogP contribution in [0.4, 0.5) is 0 Å². The zero-order chi connectivity index (χ0) is 18.7. The first-order chi connectivity index (χ1) is 12.5. The molecular weight excluding hydrogens is 380 g/mol. The van der Waals surface area contributed by atoms with Crippen LogP contribution in [0.1, 0.15) is 64.3 Å². The largest absolute Gasteiger partial charge is 0.369 e. The summed E-state index contributed by atoms with van der Waals surface area (Å²) >= 11 is 5.50.